The Morgan fingerprint density at radius 1 is 1.15 bits per heavy atom. The summed E-state index contributed by atoms with van der Waals surface area (Å²) >= 11 is 5.70. The van der Waals surface area contributed by atoms with Crippen molar-refractivity contribution in [3.63, 3.8) is 0 Å². The van der Waals surface area contributed by atoms with E-state index in [0.29, 0.717) is 6.07 Å². The summed E-state index contributed by atoms with van der Waals surface area (Å²) in [5.41, 5.74) is 4.17. The maximum absolute atomic E-state index is 13.5. The smallest absolute Gasteiger partial charge is 0.396 e. The van der Waals surface area contributed by atoms with Gasteiger partial charge in [0.25, 0.3) is 0 Å². The van der Waals surface area contributed by atoms with Crippen LogP contribution in [-0.4, -0.2) is 4.98 Å². The number of alkyl halides is 3. The van der Waals surface area contributed by atoms with E-state index >= 15 is 0 Å². The molecule has 20 heavy (non-hydrogen) atoms. The van der Waals surface area contributed by atoms with Gasteiger partial charge in [-0.25, -0.2) is 9.37 Å². The van der Waals surface area contributed by atoms with Crippen LogP contribution < -0.4 is 11.1 Å². The van der Waals surface area contributed by atoms with Crippen LogP contribution in [0.4, 0.5) is 34.6 Å². The molecule has 0 aliphatic carbocycles. The van der Waals surface area contributed by atoms with Crippen LogP contribution in [0.3, 0.4) is 0 Å². The van der Waals surface area contributed by atoms with Crippen LogP contribution in [-0.2, 0) is 6.18 Å². The number of benzene rings is 1. The van der Waals surface area contributed by atoms with E-state index in [0.717, 1.165) is 12.3 Å². The summed E-state index contributed by atoms with van der Waals surface area (Å²) in [6.45, 7) is 0. The number of halogens is 5. The number of hydrogen-bond acceptors (Lipinski definition) is 3. The standard InChI is InChI=1S/C12H8ClF4N3/c13-6-1-2-7(14)9(3-6)20-10-4-11(12(15,16)17)19-5-8(10)18/h1-5H,18H2,(H,19,20). The largest absolute Gasteiger partial charge is 0.433 e. The molecule has 0 bridgehead atoms. The van der Waals surface area contributed by atoms with E-state index < -0.39 is 17.7 Å². The Morgan fingerprint density at radius 3 is 2.50 bits per heavy atom. The molecule has 0 saturated heterocycles. The molecule has 0 fully saturated rings. The highest BCUT2D eigenvalue weighted by Crippen LogP contribution is 2.33. The van der Waals surface area contributed by atoms with E-state index in [9.17, 15) is 17.6 Å². The number of nitrogens with two attached hydrogens (primary N) is 1. The summed E-state index contributed by atoms with van der Waals surface area (Å²) < 4.78 is 51.2. The molecule has 0 radical (unpaired) electrons. The highest BCUT2D eigenvalue weighted by atomic mass is 35.5. The molecule has 1 aromatic heterocycles. The molecule has 0 saturated carbocycles. The minimum atomic E-state index is -4.61. The first kappa shape index (κ1) is 14.4. The summed E-state index contributed by atoms with van der Waals surface area (Å²) in [5, 5.41) is 2.70. The predicted molar refractivity (Wildman–Crippen MR) is 68.3 cm³/mol. The second-order valence-corrected chi connectivity index (χ2v) is 4.34. The topological polar surface area (TPSA) is 50.9 Å². The predicted octanol–water partition coefficient (Wildman–Crippen LogP) is 4.22. The lowest BCUT2D eigenvalue weighted by Gasteiger charge is -2.13. The zero-order valence-electron chi connectivity index (χ0n) is 9.80. The third-order valence-electron chi connectivity index (χ3n) is 2.42. The van der Waals surface area contributed by atoms with Gasteiger partial charge in [0.05, 0.1) is 23.3 Å². The summed E-state index contributed by atoms with van der Waals surface area (Å²) in [5.74, 6) is -0.667. The zero-order chi connectivity index (χ0) is 14.9. The van der Waals surface area contributed by atoms with Gasteiger partial charge < -0.3 is 11.1 Å². The molecule has 0 atom stereocenters. The number of nitrogen functional groups attached to an aromatic ring is 1. The molecular weight excluding hydrogens is 298 g/mol. The van der Waals surface area contributed by atoms with Gasteiger partial charge in [-0.2, -0.15) is 13.2 Å². The van der Waals surface area contributed by atoms with E-state index in [1.54, 1.807) is 0 Å². The van der Waals surface area contributed by atoms with Crippen molar-refractivity contribution in [2.75, 3.05) is 11.1 Å². The Morgan fingerprint density at radius 2 is 1.85 bits per heavy atom. The number of aromatic nitrogens is 1. The van der Waals surface area contributed by atoms with Gasteiger partial charge in [-0.1, -0.05) is 11.6 Å². The number of hydrogen-bond donors (Lipinski definition) is 2. The van der Waals surface area contributed by atoms with Crippen molar-refractivity contribution in [3.8, 4) is 0 Å². The number of pyridine rings is 1. The van der Waals surface area contributed by atoms with Crippen molar-refractivity contribution in [1.29, 1.82) is 0 Å². The first-order valence-corrected chi connectivity index (χ1v) is 5.70. The molecule has 0 spiro atoms. The second kappa shape index (κ2) is 5.16. The molecule has 1 heterocycles. The Balaban J connectivity index is 2.40. The molecule has 0 aliphatic rings. The molecule has 8 heteroatoms. The van der Waals surface area contributed by atoms with Gasteiger partial charge in [-0.15, -0.1) is 0 Å². The van der Waals surface area contributed by atoms with Crippen molar-refractivity contribution in [2.24, 2.45) is 0 Å². The molecule has 1 aromatic carbocycles. The zero-order valence-corrected chi connectivity index (χ0v) is 10.6. The van der Waals surface area contributed by atoms with E-state index in [2.05, 4.69) is 10.3 Å². The summed E-state index contributed by atoms with van der Waals surface area (Å²) in [6.07, 6.45) is -3.76. The first-order chi connectivity index (χ1) is 9.27. The maximum Gasteiger partial charge on any atom is 0.433 e. The van der Waals surface area contributed by atoms with Crippen molar-refractivity contribution >= 4 is 28.7 Å². The molecule has 0 amide bonds. The number of anilines is 3. The molecule has 0 unspecified atom stereocenters. The average Bonchev–Trinajstić information content (AvgIpc) is 2.35. The third kappa shape index (κ3) is 3.11. The van der Waals surface area contributed by atoms with Gasteiger partial charge in [0.15, 0.2) is 0 Å². The number of rotatable bonds is 2. The fourth-order valence-electron chi connectivity index (χ4n) is 1.47. The fourth-order valence-corrected chi connectivity index (χ4v) is 1.64. The van der Waals surface area contributed by atoms with Gasteiger partial charge in [-0.3, -0.25) is 0 Å². The Labute approximate surface area is 116 Å². The summed E-state index contributed by atoms with van der Waals surface area (Å²) in [6, 6.07) is 4.35. The minimum Gasteiger partial charge on any atom is -0.396 e. The van der Waals surface area contributed by atoms with Gasteiger partial charge in [0.2, 0.25) is 0 Å². The molecule has 2 aromatic rings. The van der Waals surface area contributed by atoms with Crippen molar-refractivity contribution < 1.29 is 17.6 Å². The number of nitrogens with one attached hydrogen (secondary N) is 1. The molecular formula is C12H8ClF4N3. The van der Waals surface area contributed by atoms with Crippen LogP contribution in [0, 0.1) is 5.82 Å². The van der Waals surface area contributed by atoms with Crippen molar-refractivity contribution in [2.45, 2.75) is 6.18 Å². The van der Waals surface area contributed by atoms with Crippen LogP contribution in [0.2, 0.25) is 5.02 Å². The Kier molecular flexibility index (Phi) is 3.71. The van der Waals surface area contributed by atoms with Crippen LogP contribution in [0.25, 0.3) is 0 Å². The van der Waals surface area contributed by atoms with Crippen molar-refractivity contribution in [3.05, 3.63) is 47.0 Å². The Bertz CT molecular complexity index is 643. The average molecular weight is 306 g/mol. The lowest BCUT2D eigenvalue weighted by atomic mass is 10.2. The Hall–Kier alpha value is -2.02. The minimum absolute atomic E-state index is 0.0441. The molecule has 0 aliphatic heterocycles. The fraction of sp³-hybridized carbons (Fsp3) is 0.0833. The normalized spacial score (nSPS) is 11.4. The maximum atomic E-state index is 13.5. The number of nitrogens with zero attached hydrogens (tertiary/aromatic N) is 1. The van der Waals surface area contributed by atoms with Gasteiger partial charge in [0, 0.05) is 5.02 Å². The van der Waals surface area contributed by atoms with E-state index in [1.807, 2.05) is 0 Å². The molecule has 3 N–H and O–H groups in total. The lowest BCUT2D eigenvalue weighted by molar-refractivity contribution is -0.141. The highest BCUT2D eigenvalue weighted by molar-refractivity contribution is 6.30. The molecule has 3 nitrogen and oxygen atoms in total. The van der Waals surface area contributed by atoms with Gasteiger partial charge >= 0.3 is 6.18 Å². The van der Waals surface area contributed by atoms with E-state index in [-0.39, 0.29) is 22.1 Å². The SMILES string of the molecule is Nc1cnc(C(F)(F)F)cc1Nc1cc(Cl)ccc1F. The van der Waals surface area contributed by atoms with Crippen LogP contribution in [0.1, 0.15) is 5.69 Å². The molecule has 106 valence electrons. The van der Waals surface area contributed by atoms with Crippen LogP contribution in [0.5, 0.6) is 0 Å². The van der Waals surface area contributed by atoms with Crippen molar-refractivity contribution in [1.82, 2.24) is 4.98 Å². The van der Waals surface area contributed by atoms with Gasteiger partial charge in [-0.05, 0) is 24.3 Å². The monoisotopic (exact) mass is 305 g/mol. The summed E-state index contributed by atoms with van der Waals surface area (Å²) in [7, 11) is 0. The third-order valence-corrected chi connectivity index (χ3v) is 2.66. The van der Waals surface area contributed by atoms with Gasteiger partial charge in [0.1, 0.15) is 11.5 Å². The first-order valence-electron chi connectivity index (χ1n) is 5.32. The van der Waals surface area contributed by atoms with E-state index in [4.69, 9.17) is 17.3 Å². The summed E-state index contributed by atoms with van der Waals surface area (Å²) in [4.78, 5) is 3.18. The molecule has 2 rings (SSSR count). The highest BCUT2D eigenvalue weighted by Gasteiger charge is 2.33. The van der Waals surface area contributed by atoms with E-state index in [1.165, 1.54) is 12.1 Å². The lowest BCUT2D eigenvalue weighted by Crippen LogP contribution is -2.09. The van der Waals surface area contributed by atoms with Crippen LogP contribution >= 0.6 is 11.6 Å². The second-order valence-electron chi connectivity index (χ2n) is 3.90. The van der Waals surface area contributed by atoms with Crippen LogP contribution in [0.15, 0.2) is 30.5 Å². The quantitative estimate of drug-likeness (QED) is 0.817.